The van der Waals surface area contributed by atoms with Gasteiger partial charge in [-0.2, -0.15) is 0 Å². The van der Waals surface area contributed by atoms with Gasteiger partial charge in [-0.25, -0.2) is 4.98 Å². The van der Waals surface area contributed by atoms with E-state index in [2.05, 4.69) is 74.0 Å². The van der Waals surface area contributed by atoms with Crippen LogP contribution in [-0.2, 0) is 12.0 Å². The Hall–Kier alpha value is -0.830. The highest BCUT2D eigenvalue weighted by atomic mass is 127. The summed E-state index contributed by atoms with van der Waals surface area (Å²) in [4.78, 5) is 11.3. The average molecular weight is 505 g/mol. The molecule has 2 atom stereocenters. The number of hydrogen-bond donors (Lipinski definition) is 2. The van der Waals surface area contributed by atoms with E-state index in [9.17, 15) is 0 Å². The van der Waals surface area contributed by atoms with Crippen molar-refractivity contribution >= 4 is 29.9 Å². The second-order valence-electron chi connectivity index (χ2n) is 9.81. The molecule has 0 bridgehead atoms. The van der Waals surface area contributed by atoms with E-state index in [0.717, 1.165) is 43.2 Å². The molecular weight excluding hydrogens is 465 g/mol. The molecule has 2 heterocycles. The summed E-state index contributed by atoms with van der Waals surface area (Å²) in [6.07, 6.45) is 3.14. The Morgan fingerprint density at radius 3 is 2.29 bits per heavy atom. The first kappa shape index (κ1) is 25.2. The molecule has 2 unspecified atom stereocenters. The van der Waals surface area contributed by atoms with Crippen molar-refractivity contribution in [1.29, 1.82) is 0 Å². The summed E-state index contributed by atoms with van der Waals surface area (Å²) in [5.74, 6) is 3.87. The second kappa shape index (κ2) is 10.3. The molecule has 2 rings (SSSR count). The predicted molar refractivity (Wildman–Crippen MR) is 127 cm³/mol. The van der Waals surface area contributed by atoms with Gasteiger partial charge in [0.2, 0.25) is 5.89 Å². The first-order chi connectivity index (χ1) is 12.5. The molecule has 1 aromatic rings. The average Bonchev–Trinajstić information content (AvgIpc) is 3.03. The molecule has 0 radical (unpaired) electrons. The van der Waals surface area contributed by atoms with E-state index in [-0.39, 0.29) is 34.9 Å². The van der Waals surface area contributed by atoms with Crippen LogP contribution in [0.3, 0.4) is 0 Å². The van der Waals surface area contributed by atoms with E-state index in [4.69, 9.17) is 4.42 Å². The maximum absolute atomic E-state index is 5.84. The van der Waals surface area contributed by atoms with Crippen LogP contribution in [0.25, 0.3) is 0 Å². The van der Waals surface area contributed by atoms with Crippen molar-refractivity contribution in [3.05, 3.63) is 17.8 Å². The van der Waals surface area contributed by atoms with E-state index in [1.807, 2.05) is 6.20 Å². The SMILES string of the molecule is CN=C(NCc1ncc(C(C)(C)C)o1)NCC(C)(C)N1CC(C)CC(C)C1.I. The number of aromatic nitrogens is 1. The third kappa shape index (κ3) is 7.21. The van der Waals surface area contributed by atoms with E-state index in [1.165, 1.54) is 6.42 Å². The molecule has 7 heteroatoms. The van der Waals surface area contributed by atoms with Gasteiger partial charge in [0, 0.05) is 37.6 Å². The number of halogens is 1. The summed E-state index contributed by atoms with van der Waals surface area (Å²) < 4.78 is 5.84. The minimum atomic E-state index is -0.0298. The molecule has 162 valence electrons. The first-order valence-corrected chi connectivity index (χ1v) is 10.2. The lowest BCUT2D eigenvalue weighted by molar-refractivity contribution is 0.0483. The van der Waals surface area contributed by atoms with Crippen molar-refractivity contribution in [3.63, 3.8) is 0 Å². The maximum Gasteiger partial charge on any atom is 0.213 e. The van der Waals surface area contributed by atoms with Gasteiger partial charge in [0.05, 0.1) is 12.7 Å². The lowest BCUT2D eigenvalue weighted by Gasteiger charge is -2.45. The van der Waals surface area contributed by atoms with E-state index >= 15 is 0 Å². The third-order valence-corrected chi connectivity index (χ3v) is 5.34. The predicted octanol–water partition coefficient (Wildman–Crippen LogP) is 4.01. The Bertz CT molecular complexity index is 625. The normalized spacial score (nSPS) is 21.9. The van der Waals surface area contributed by atoms with Gasteiger partial charge < -0.3 is 15.1 Å². The van der Waals surface area contributed by atoms with Gasteiger partial charge in [0.25, 0.3) is 0 Å². The lowest BCUT2D eigenvalue weighted by atomic mass is 9.88. The highest BCUT2D eigenvalue weighted by Crippen LogP contribution is 2.27. The summed E-state index contributed by atoms with van der Waals surface area (Å²) in [6.45, 7) is 19.4. The van der Waals surface area contributed by atoms with Crippen molar-refractivity contribution in [1.82, 2.24) is 20.5 Å². The smallest absolute Gasteiger partial charge is 0.213 e. The van der Waals surface area contributed by atoms with Crippen LogP contribution in [0.15, 0.2) is 15.6 Å². The fraction of sp³-hybridized carbons (Fsp3) is 0.810. The standard InChI is InChI=1S/C21H39N5O.HI/c1-15-9-16(2)13-26(12-15)21(6,7)14-25-19(22-8)24-11-18-23-10-17(27-18)20(3,4)5;/h10,15-16H,9,11-14H2,1-8H3,(H2,22,24,25);1H. The van der Waals surface area contributed by atoms with Gasteiger partial charge in [-0.3, -0.25) is 9.89 Å². The molecule has 0 spiro atoms. The van der Waals surface area contributed by atoms with Crippen molar-refractivity contribution < 1.29 is 4.42 Å². The molecule has 1 saturated heterocycles. The zero-order chi connectivity index (χ0) is 20.2. The van der Waals surface area contributed by atoms with Gasteiger partial charge in [-0.05, 0) is 32.1 Å². The minimum Gasteiger partial charge on any atom is -0.443 e. The fourth-order valence-corrected chi connectivity index (χ4v) is 3.69. The van der Waals surface area contributed by atoms with Gasteiger partial charge >= 0.3 is 0 Å². The quantitative estimate of drug-likeness (QED) is 0.360. The van der Waals surface area contributed by atoms with Crippen LogP contribution in [0.2, 0.25) is 0 Å². The van der Waals surface area contributed by atoms with Gasteiger partial charge in [0.15, 0.2) is 5.96 Å². The Labute approximate surface area is 188 Å². The van der Waals surface area contributed by atoms with Crippen molar-refractivity contribution in [3.8, 4) is 0 Å². The summed E-state index contributed by atoms with van der Waals surface area (Å²) >= 11 is 0. The minimum absolute atomic E-state index is 0. The molecule has 1 aromatic heterocycles. The molecule has 0 aromatic carbocycles. The number of guanidine groups is 1. The van der Waals surface area contributed by atoms with Crippen molar-refractivity contribution in [2.45, 2.75) is 72.4 Å². The number of hydrogen-bond acceptors (Lipinski definition) is 4. The molecular formula is C21H40IN5O. The molecule has 6 nitrogen and oxygen atoms in total. The molecule has 28 heavy (non-hydrogen) atoms. The third-order valence-electron chi connectivity index (χ3n) is 5.34. The van der Waals surface area contributed by atoms with Crippen LogP contribution < -0.4 is 10.6 Å². The van der Waals surface area contributed by atoms with E-state index in [1.54, 1.807) is 7.05 Å². The largest absolute Gasteiger partial charge is 0.443 e. The zero-order valence-corrected chi connectivity index (χ0v) is 21.3. The number of nitrogens with zero attached hydrogens (tertiary/aromatic N) is 3. The van der Waals surface area contributed by atoms with Crippen LogP contribution in [0.4, 0.5) is 0 Å². The second-order valence-corrected chi connectivity index (χ2v) is 9.81. The van der Waals surface area contributed by atoms with Crippen LogP contribution >= 0.6 is 24.0 Å². The molecule has 2 N–H and O–H groups in total. The number of oxazole rings is 1. The maximum atomic E-state index is 5.84. The number of likely N-dealkylation sites (tertiary alicyclic amines) is 1. The summed E-state index contributed by atoms with van der Waals surface area (Å²) in [6, 6.07) is 0. The lowest BCUT2D eigenvalue weighted by Crippen LogP contribution is -2.57. The number of aliphatic imine (C=N–C) groups is 1. The zero-order valence-electron chi connectivity index (χ0n) is 18.9. The van der Waals surface area contributed by atoms with Crippen LogP contribution in [0.1, 0.15) is 66.5 Å². The Balaban J connectivity index is 0.00000392. The van der Waals surface area contributed by atoms with Crippen molar-refractivity contribution in [2.75, 3.05) is 26.7 Å². The van der Waals surface area contributed by atoms with Crippen LogP contribution in [0, 0.1) is 11.8 Å². The van der Waals surface area contributed by atoms with Gasteiger partial charge in [-0.1, -0.05) is 34.6 Å². The Kier molecular flexibility index (Phi) is 9.25. The van der Waals surface area contributed by atoms with E-state index < -0.39 is 0 Å². The molecule has 0 aliphatic carbocycles. The number of rotatable bonds is 5. The molecule has 1 fully saturated rings. The highest BCUT2D eigenvalue weighted by molar-refractivity contribution is 14.0. The van der Waals surface area contributed by atoms with Crippen molar-refractivity contribution in [2.24, 2.45) is 16.8 Å². The fourth-order valence-electron chi connectivity index (χ4n) is 3.69. The Morgan fingerprint density at radius 2 is 1.79 bits per heavy atom. The van der Waals surface area contributed by atoms with Crippen LogP contribution in [0.5, 0.6) is 0 Å². The topological polar surface area (TPSA) is 65.7 Å². The Morgan fingerprint density at radius 1 is 1.18 bits per heavy atom. The highest BCUT2D eigenvalue weighted by Gasteiger charge is 2.32. The first-order valence-electron chi connectivity index (χ1n) is 10.2. The van der Waals surface area contributed by atoms with Crippen LogP contribution in [-0.4, -0.2) is 48.1 Å². The summed E-state index contributed by atoms with van der Waals surface area (Å²) in [5.41, 5.74) is 0.0425. The number of nitrogens with one attached hydrogen (secondary N) is 2. The molecule has 1 aliphatic heterocycles. The monoisotopic (exact) mass is 505 g/mol. The summed E-state index contributed by atoms with van der Waals surface area (Å²) in [5, 5.41) is 6.78. The van der Waals surface area contributed by atoms with E-state index in [0.29, 0.717) is 12.4 Å². The molecule has 0 saturated carbocycles. The van der Waals surface area contributed by atoms with Gasteiger partial charge in [-0.15, -0.1) is 24.0 Å². The summed E-state index contributed by atoms with van der Waals surface area (Å²) in [7, 11) is 1.80. The molecule has 1 aliphatic rings. The molecule has 0 amide bonds. The van der Waals surface area contributed by atoms with Gasteiger partial charge in [0.1, 0.15) is 5.76 Å². The number of piperidine rings is 1.